The third kappa shape index (κ3) is 4.27. The maximum absolute atomic E-state index is 14.3. The van der Waals surface area contributed by atoms with Crippen molar-refractivity contribution in [3.63, 3.8) is 0 Å². The summed E-state index contributed by atoms with van der Waals surface area (Å²) in [5.74, 6) is -1.21. The Bertz CT molecular complexity index is 1160. The lowest BCUT2D eigenvalue weighted by atomic mass is 10.2. The predicted molar refractivity (Wildman–Crippen MR) is 90.3 cm³/mol. The number of benzene rings is 1. The monoisotopic (exact) mass is 445 g/mol. The topological polar surface area (TPSA) is 102 Å². The van der Waals surface area contributed by atoms with Crippen molar-refractivity contribution in [1.29, 1.82) is 0 Å². The number of hydrogen-bond acceptors (Lipinski definition) is 4. The molecule has 0 aliphatic heterocycles. The first-order valence-corrected chi connectivity index (χ1v) is 8.99. The molecule has 1 N–H and O–H groups in total. The van der Waals surface area contributed by atoms with Crippen LogP contribution in [0, 0.1) is 5.82 Å². The van der Waals surface area contributed by atoms with Crippen LogP contribution in [0.5, 0.6) is 0 Å². The van der Waals surface area contributed by atoms with Gasteiger partial charge in [0.25, 0.3) is 5.56 Å². The van der Waals surface area contributed by atoms with Crippen LogP contribution in [0.1, 0.15) is 11.3 Å². The summed E-state index contributed by atoms with van der Waals surface area (Å²) in [5, 5.41) is -0.298. The molecule has 154 valence electrons. The Morgan fingerprint density at radius 1 is 1.21 bits per heavy atom. The van der Waals surface area contributed by atoms with Crippen molar-refractivity contribution in [3.8, 4) is 5.69 Å². The van der Waals surface area contributed by atoms with E-state index in [4.69, 9.17) is 16.2 Å². The zero-order valence-electron chi connectivity index (χ0n) is 14.2. The Kier molecular flexibility index (Phi) is 5.76. The molecular weight excluding hydrogens is 434 g/mol. The van der Waals surface area contributed by atoms with Gasteiger partial charge in [-0.1, -0.05) is 11.6 Å². The molecule has 0 unspecified atom stereocenters. The molecule has 1 heterocycles. The Balaban J connectivity index is 2.73. The lowest BCUT2D eigenvalue weighted by molar-refractivity contribution is -0.144. The zero-order valence-corrected chi connectivity index (χ0v) is 15.7. The molecule has 0 saturated heterocycles. The summed E-state index contributed by atoms with van der Waals surface area (Å²) in [6.07, 6.45) is -4.99. The van der Waals surface area contributed by atoms with Gasteiger partial charge in [0.05, 0.1) is 5.69 Å². The highest BCUT2D eigenvalue weighted by atomic mass is 35.5. The summed E-state index contributed by atoms with van der Waals surface area (Å²) < 4.78 is 84.9. The van der Waals surface area contributed by atoms with Crippen LogP contribution in [0.3, 0.4) is 0 Å². The molecular formula is C14H12ClF4N3O5S. The highest BCUT2D eigenvalue weighted by Gasteiger charge is 2.35. The van der Waals surface area contributed by atoms with Gasteiger partial charge in [-0.25, -0.2) is 13.8 Å². The van der Waals surface area contributed by atoms with Crippen LogP contribution in [-0.4, -0.2) is 33.5 Å². The second-order valence-electron chi connectivity index (χ2n) is 5.67. The highest BCUT2D eigenvalue weighted by molar-refractivity contribution is 7.83. The number of aromatic nitrogens is 2. The molecule has 0 aliphatic rings. The summed E-state index contributed by atoms with van der Waals surface area (Å²) in [6.45, 7) is -0.569. The van der Waals surface area contributed by atoms with E-state index < -0.39 is 51.5 Å². The van der Waals surface area contributed by atoms with Gasteiger partial charge in [-0.15, -0.1) is 0 Å². The van der Waals surface area contributed by atoms with Crippen LogP contribution in [0.25, 0.3) is 5.69 Å². The van der Waals surface area contributed by atoms with Gasteiger partial charge in [-0.05, 0) is 17.7 Å². The molecule has 0 spiro atoms. The van der Waals surface area contributed by atoms with E-state index in [1.807, 2.05) is 0 Å². The van der Waals surface area contributed by atoms with Crippen molar-refractivity contribution in [2.45, 2.75) is 12.7 Å². The quantitative estimate of drug-likeness (QED) is 0.569. The number of halogens is 5. The van der Waals surface area contributed by atoms with E-state index in [1.54, 1.807) is 0 Å². The van der Waals surface area contributed by atoms with Crippen molar-refractivity contribution >= 4 is 21.9 Å². The van der Waals surface area contributed by atoms with Gasteiger partial charge in [0.1, 0.15) is 11.5 Å². The van der Waals surface area contributed by atoms with Gasteiger partial charge in [0.2, 0.25) is 0 Å². The summed E-state index contributed by atoms with van der Waals surface area (Å²) in [4.78, 5) is 24.4. The standard InChI is InChI=1S/C14H12ClF4N3O5S/c1-20(28(25,26)27)6-7-3-10(9(16)4-8(7)15)22-12(23)5-11(14(17,18)19)21(2)13(22)24/h3-5H,6H2,1-2H3,(H,25,26,27). The third-order valence-corrected chi connectivity index (χ3v) is 5.02. The third-order valence-electron chi connectivity index (χ3n) is 3.75. The van der Waals surface area contributed by atoms with E-state index in [0.29, 0.717) is 10.4 Å². The summed E-state index contributed by atoms with van der Waals surface area (Å²) >= 11 is 5.82. The molecule has 8 nitrogen and oxygen atoms in total. The van der Waals surface area contributed by atoms with E-state index in [1.165, 1.54) is 0 Å². The van der Waals surface area contributed by atoms with E-state index in [2.05, 4.69) is 0 Å². The van der Waals surface area contributed by atoms with Crippen molar-refractivity contribution in [1.82, 2.24) is 13.4 Å². The molecule has 0 saturated carbocycles. The highest BCUT2D eigenvalue weighted by Crippen LogP contribution is 2.28. The minimum absolute atomic E-state index is 0.118. The van der Waals surface area contributed by atoms with Crippen molar-refractivity contribution < 1.29 is 30.5 Å². The smallest absolute Gasteiger partial charge is 0.292 e. The van der Waals surface area contributed by atoms with Crippen molar-refractivity contribution in [2.75, 3.05) is 7.05 Å². The molecule has 14 heteroatoms. The van der Waals surface area contributed by atoms with E-state index in [-0.39, 0.29) is 25.8 Å². The van der Waals surface area contributed by atoms with Crippen LogP contribution in [0.4, 0.5) is 17.6 Å². The Morgan fingerprint density at radius 3 is 2.29 bits per heavy atom. The van der Waals surface area contributed by atoms with Crippen molar-refractivity contribution in [3.05, 3.63) is 61.1 Å². The molecule has 2 rings (SSSR count). The first kappa shape index (κ1) is 22.1. The fourth-order valence-corrected chi connectivity index (χ4v) is 2.83. The molecule has 1 aromatic heterocycles. The minimum atomic E-state index is -4.99. The first-order valence-electron chi connectivity index (χ1n) is 7.22. The molecule has 28 heavy (non-hydrogen) atoms. The Labute approximate surface area is 160 Å². The molecule has 2 aromatic rings. The van der Waals surface area contributed by atoms with Crippen LogP contribution >= 0.6 is 11.6 Å². The Morgan fingerprint density at radius 2 is 1.79 bits per heavy atom. The lowest BCUT2D eigenvalue weighted by Crippen LogP contribution is -2.41. The SMILES string of the molecule is CN(Cc1cc(-n2c(=O)cc(C(F)(F)F)n(C)c2=O)c(F)cc1Cl)S(=O)(=O)O. The maximum Gasteiger partial charge on any atom is 0.431 e. The van der Waals surface area contributed by atoms with Gasteiger partial charge in [0.15, 0.2) is 0 Å². The second-order valence-corrected chi connectivity index (χ2v) is 7.60. The van der Waals surface area contributed by atoms with E-state index >= 15 is 0 Å². The van der Waals surface area contributed by atoms with Crippen LogP contribution < -0.4 is 11.2 Å². The fourth-order valence-electron chi connectivity index (χ4n) is 2.31. The fraction of sp³-hybridized carbons (Fsp3) is 0.286. The molecule has 0 radical (unpaired) electrons. The number of rotatable bonds is 4. The Hall–Kier alpha value is -2.22. The van der Waals surface area contributed by atoms with Crippen LogP contribution in [0.2, 0.25) is 5.02 Å². The summed E-state index contributed by atoms with van der Waals surface area (Å²) in [7, 11) is -2.91. The molecule has 0 fully saturated rings. The van der Waals surface area contributed by atoms with E-state index in [0.717, 1.165) is 20.2 Å². The van der Waals surface area contributed by atoms with Gasteiger partial charge >= 0.3 is 22.2 Å². The molecule has 0 amide bonds. The second kappa shape index (κ2) is 7.31. The number of nitrogens with zero attached hydrogens (tertiary/aromatic N) is 3. The zero-order chi connectivity index (χ0) is 21.6. The van der Waals surface area contributed by atoms with Gasteiger partial charge < -0.3 is 0 Å². The van der Waals surface area contributed by atoms with Crippen LogP contribution in [0.15, 0.2) is 27.8 Å². The average molecular weight is 446 g/mol. The molecule has 1 aromatic carbocycles. The first-order chi connectivity index (χ1) is 12.6. The van der Waals surface area contributed by atoms with E-state index in [9.17, 15) is 35.6 Å². The summed E-state index contributed by atoms with van der Waals surface area (Å²) in [6, 6.07) is 1.61. The molecule has 0 aliphatic carbocycles. The number of alkyl halides is 3. The lowest BCUT2D eigenvalue weighted by Gasteiger charge is -2.17. The molecule has 0 bridgehead atoms. The van der Waals surface area contributed by atoms with Gasteiger partial charge in [-0.2, -0.15) is 25.9 Å². The molecule has 0 atom stereocenters. The maximum atomic E-state index is 14.3. The predicted octanol–water partition coefficient (Wildman–Crippen LogP) is 1.58. The van der Waals surface area contributed by atoms with Gasteiger partial charge in [0, 0.05) is 31.7 Å². The number of hydrogen-bond donors (Lipinski definition) is 1. The van der Waals surface area contributed by atoms with Crippen molar-refractivity contribution in [2.24, 2.45) is 7.05 Å². The van der Waals surface area contributed by atoms with Crippen LogP contribution in [-0.2, 0) is 30.1 Å². The largest absolute Gasteiger partial charge is 0.431 e. The average Bonchev–Trinajstić information content (AvgIpc) is 2.52. The van der Waals surface area contributed by atoms with Gasteiger partial charge in [-0.3, -0.25) is 13.9 Å². The summed E-state index contributed by atoms with van der Waals surface area (Å²) in [5.41, 5.74) is -5.31. The minimum Gasteiger partial charge on any atom is -0.292 e. The normalized spacial score (nSPS) is 12.6.